The Balaban J connectivity index is 2.42. The Morgan fingerprint density at radius 3 is 2.76 bits per heavy atom. The first kappa shape index (κ1) is 11.9. The fraction of sp³-hybridized carbons (Fsp3) is 0.462. The molecule has 0 spiro atoms. The Morgan fingerprint density at radius 2 is 2.24 bits per heavy atom. The smallest absolute Gasteiger partial charge is 0.128 e. The fourth-order valence-corrected chi connectivity index (χ4v) is 2.13. The van der Waals surface area contributed by atoms with E-state index in [1.165, 1.54) is 0 Å². The summed E-state index contributed by atoms with van der Waals surface area (Å²) in [6.45, 7) is 6.02. The standard InChI is InChI=1S/C13H19N3O/c1-4-12-15-7-8-16(12)13(10(3)14)11-6-5-9(2)17-11/h5-8,10,13H,4,14H2,1-3H3. The third-order valence-corrected chi connectivity index (χ3v) is 2.92. The number of nitrogens with zero attached hydrogens (tertiary/aromatic N) is 2. The van der Waals surface area contributed by atoms with Gasteiger partial charge in [0, 0.05) is 24.9 Å². The molecular weight excluding hydrogens is 214 g/mol. The van der Waals surface area contributed by atoms with Gasteiger partial charge in [-0.3, -0.25) is 0 Å². The van der Waals surface area contributed by atoms with Crippen LogP contribution in [0.1, 0.15) is 37.2 Å². The van der Waals surface area contributed by atoms with Crippen molar-refractivity contribution in [2.75, 3.05) is 0 Å². The molecule has 0 amide bonds. The Bertz CT molecular complexity index is 484. The fourth-order valence-electron chi connectivity index (χ4n) is 2.13. The van der Waals surface area contributed by atoms with Crippen LogP contribution >= 0.6 is 0 Å². The molecule has 4 nitrogen and oxygen atoms in total. The van der Waals surface area contributed by atoms with E-state index in [2.05, 4.69) is 16.5 Å². The van der Waals surface area contributed by atoms with Crippen LogP contribution < -0.4 is 5.73 Å². The molecule has 0 saturated carbocycles. The van der Waals surface area contributed by atoms with E-state index in [0.717, 1.165) is 23.8 Å². The highest BCUT2D eigenvalue weighted by Crippen LogP contribution is 2.24. The van der Waals surface area contributed by atoms with Crippen LogP contribution in [0.4, 0.5) is 0 Å². The second-order valence-corrected chi connectivity index (χ2v) is 4.36. The van der Waals surface area contributed by atoms with Crippen LogP contribution in [0, 0.1) is 6.92 Å². The van der Waals surface area contributed by atoms with Gasteiger partial charge in [0.05, 0.1) is 0 Å². The highest BCUT2D eigenvalue weighted by molar-refractivity contribution is 5.14. The van der Waals surface area contributed by atoms with Crippen LogP contribution in [-0.4, -0.2) is 15.6 Å². The molecule has 0 aliphatic carbocycles. The quantitative estimate of drug-likeness (QED) is 0.881. The number of aromatic nitrogens is 2. The van der Waals surface area contributed by atoms with Gasteiger partial charge in [0.15, 0.2) is 0 Å². The number of imidazole rings is 1. The van der Waals surface area contributed by atoms with Crippen molar-refractivity contribution in [1.82, 2.24) is 9.55 Å². The van der Waals surface area contributed by atoms with E-state index in [1.807, 2.05) is 38.4 Å². The van der Waals surface area contributed by atoms with Gasteiger partial charge < -0.3 is 14.7 Å². The summed E-state index contributed by atoms with van der Waals surface area (Å²) in [6.07, 6.45) is 4.66. The van der Waals surface area contributed by atoms with Gasteiger partial charge in [0.25, 0.3) is 0 Å². The van der Waals surface area contributed by atoms with E-state index in [-0.39, 0.29) is 12.1 Å². The minimum atomic E-state index is -0.0277. The molecule has 2 atom stereocenters. The minimum absolute atomic E-state index is 0.0150. The molecule has 2 aromatic heterocycles. The van der Waals surface area contributed by atoms with Gasteiger partial charge in [-0.15, -0.1) is 0 Å². The average Bonchev–Trinajstić information content (AvgIpc) is 2.88. The zero-order chi connectivity index (χ0) is 12.4. The second kappa shape index (κ2) is 4.75. The summed E-state index contributed by atoms with van der Waals surface area (Å²) in [7, 11) is 0. The highest BCUT2D eigenvalue weighted by atomic mass is 16.3. The van der Waals surface area contributed by atoms with Crippen molar-refractivity contribution in [2.45, 2.75) is 39.3 Å². The lowest BCUT2D eigenvalue weighted by Gasteiger charge is -2.22. The van der Waals surface area contributed by atoms with Crippen molar-refractivity contribution in [1.29, 1.82) is 0 Å². The molecule has 92 valence electrons. The van der Waals surface area contributed by atoms with Crippen LogP contribution in [0.2, 0.25) is 0 Å². The largest absolute Gasteiger partial charge is 0.464 e. The van der Waals surface area contributed by atoms with E-state index >= 15 is 0 Å². The number of hydrogen-bond donors (Lipinski definition) is 1. The Kier molecular flexibility index (Phi) is 3.33. The molecule has 0 aliphatic heterocycles. The maximum Gasteiger partial charge on any atom is 0.128 e. The lowest BCUT2D eigenvalue weighted by molar-refractivity contribution is 0.374. The van der Waals surface area contributed by atoms with Crippen molar-refractivity contribution < 1.29 is 4.42 Å². The van der Waals surface area contributed by atoms with Gasteiger partial charge in [-0.1, -0.05) is 6.92 Å². The van der Waals surface area contributed by atoms with Gasteiger partial charge >= 0.3 is 0 Å². The minimum Gasteiger partial charge on any atom is -0.464 e. The third-order valence-electron chi connectivity index (χ3n) is 2.92. The lowest BCUT2D eigenvalue weighted by Crippen LogP contribution is -2.30. The summed E-state index contributed by atoms with van der Waals surface area (Å²) in [6, 6.07) is 3.94. The predicted molar refractivity (Wildman–Crippen MR) is 66.8 cm³/mol. The number of rotatable bonds is 4. The molecule has 0 saturated heterocycles. The summed E-state index contributed by atoms with van der Waals surface area (Å²) in [5.41, 5.74) is 6.08. The highest BCUT2D eigenvalue weighted by Gasteiger charge is 2.23. The summed E-state index contributed by atoms with van der Waals surface area (Å²) in [5.74, 6) is 2.83. The molecule has 2 unspecified atom stereocenters. The molecule has 0 aromatic carbocycles. The monoisotopic (exact) mass is 233 g/mol. The normalized spacial score (nSPS) is 14.8. The van der Waals surface area contributed by atoms with Crippen LogP contribution in [0.25, 0.3) is 0 Å². The average molecular weight is 233 g/mol. The van der Waals surface area contributed by atoms with Gasteiger partial charge in [-0.2, -0.15) is 0 Å². The van der Waals surface area contributed by atoms with Crippen molar-refractivity contribution in [3.05, 3.63) is 41.9 Å². The molecule has 0 aliphatic rings. The number of aryl methyl sites for hydroxylation is 2. The molecule has 0 fully saturated rings. The summed E-state index contributed by atoms with van der Waals surface area (Å²) in [5, 5.41) is 0. The van der Waals surface area contributed by atoms with Crippen molar-refractivity contribution >= 4 is 0 Å². The van der Waals surface area contributed by atoms with Gasteiger partial charge in [0.2, 0.25) is 0 Å². The number of nitrogens with two attached hydrogens (primary N) is 1. The van der Waals surface area contributed by atoms with E-state index in [0.29, 0.717) is 0 Å². The molecule has 2 aromatic rings. The zero-order valence-corrected chi connectivity index (χ0v) is 10.6. The maximum absolute atomic E-state index is 6.08. The number of hydrogen-bond acceptors (Lipinski definition) is 3. The Labute approximate surface area is 101 Å². The molecular formula is C13H19N3O. The van der Waals surface area contributed by atoms with E-state index < -0.39 is 0 Å². The molecule has 0 radical (unpaired) electrons. The van der Waals surface area contributed by atoms with Crippen molar-refractivity contribution in [3.63, 3.8) is 0 Å². The predicted octanol–water partition coefficient (Wildman–Crippen LogP) is 2.28. The SMILES string of the molecule is CCc1nccn1C(c1ccc(C)o1)C(C)N. The van der Waals surface area contributed by atoms with E-state index in [1.54, 1.807) is 0 Å². The first-order valence-electron chi connectivity index (χ1n) is 5.97. The van der Waals surface area contributed by atoms with E-state index in [9.17, 15) is 0 Å². The van der Waals surface area contributed by atoms with Crippen molar-refractivity contribution in [2.24, 2.45) is 5.73 Å². The lowest BCUT2D eigenvalue weighted by atomic mass is 10.1. The zero-order valence-electron chi connectivity index (χ0n) is 10.6. The summed E-state index contributed by atoms with van der Waals surface area (Å²) < 4.78 is 7.80. The molecule has 0 bridgehead atoms. The number of furan rings is 1. The molecule has 2 rings (SSSR count). The third kappa shape index (κ3) is 2.26. The van der Waals surface area contributed by atoms with E-state index in [4.69, 9.17) is 10.2 Å². The first-order valence-corrected chi connectivity index (χ1v) is 5.97. The Morgan fingerprint density at radius 1 is 1.47 bits per heavy atom. The van der Waals surface area contributed by atoms with Crippen LogP contribution in [0.15, 0.2) is 28.9 Å². The van der Waals surface area contributed by atoms with Crippen LogP contribution in [0.5, 0.6) is 0 Å². The molecule has 2 N–H and O–H groups in total. The first-order chi connectivity index (χ1) is 8.13. The Hall–Kier alpha value is -1.55. The van der Waals surface area contributed by atoms with Crippen LogP contribution in [0.3, 0.4) is 0 Å². The maximum atomic E-state index is 6.08. The van der Waals surface area contributed by atoms with Crippen molar-refractivity contribution in [3.8, 4) is 0 Å². The molecule has 2 heterocycles. The summed E-state index contributed by atoms with van der Waals surface area (Å²) in [4.78, 5) is 4.34. The van der Waals surface area contributed by atoms with Gasteiger partial charge in [-0.05, 0) is 26.0 Å². The van der Waals surface area contributed by atoms with Crippen LogP contribution in [-0.2, 0) is 6.42 Å². The summed E-state index contributed by atoms with van der Waals surface area (Å²) >= 11 is 0. The molecule has 17 heavy (non-hydrogen) atoms. The molecule has 4 heteroatoms. The second-order valence-electron chi connectivity index (χ2n) is 4.36. The topological polar surface area (TPSA) is 57.0 Å². The van der Waals surface area contributed by atoms with Gasteiger partial charge in [-0.25, -0.2) is 4.98 Å². The van der Waals surface area contributed by atoms with Gasteiger partial charge in [0.1, 0.15) is 23.4 Å².